The fraction of sp³-hybridized carbons (Fsp3) is 0.304. The van der Waals surface area contributed by atoms with Crippen LogP contribution in [0.1, 0.15) is 41.6 Å². The lowest BCUT2D eigenvalue weighted by Crippen LogP contribution is -2.33. The van der Waals surface area contributed by atoms with Crippen molar-refractivity contribution in [1.29, 1.82) is 0 Å². The van der Waals surface area contributed by atoms with Crippen LogP contribution >= 0.6 is 11.8 Å². The Bertz CT molecular complexity index is 1100. The molecule has 0 aliphatic heterocycles. The highest BCUT2D eigenvalue weighted by Crippen LogP contribution is 2.25. The first-order valence-electron chi connectivity index (χ1n) is 10.2. The van der Waals surface area contributed by atoms with E-state index in [0.717, 1.165) is 0 Å². The summed E-state index contributed by atoms with van der Waals surface area (Å²) in [5.74, 6) is -0.0659. The van der Waals surface area contributed by atoms with E-state index in [2.05, 4.69) is 20.8 Å². The average Bonchev–Trinajstić information content (AvgIpc) is 3.14. The Morgan fingerprint density at radius 2 is 1.81 bits per heavy atom. The monoisotopic (exact) mass is 455 g/mol. The minimum Gasteiger partial charge on any atom is -0.342 e. The minimum atomic E-state index is -0.370. The number of carbonyl (C=O) groups is 2. The van der Waals surface area contributed by atoms with Crippen LogP contribution in [0.15, 0.2) is 53.7 Å². The number of hydrogen-bond acceptors (Lipinski definition) is 5. The summed E-state index contributed by atoms with van der Waals surface area (Å²) >= 11 is 1.22. The smallest absolute Gasteiger partial charge is 0.251 e. The SMILES string of the molecule is Cc1c(F)cccc1NC(=O)CSc1nnc([C@@H](NC(=O)c2ccccc2)C(C)C)n1C. The van der Waals surface area contributed by atoms with Crippen LogP contribution in [0, 0.1) is 18.7 Å². The van der Waals surface area contributed by atoms with Gasteiger partial charge in [0.15, 0.2) is 11.0 Å². The van der Waals surface area contributed by atoms with Crippen LogP contribution in [-0.2, 0) is 11.8 Å². The highest BCUT2D eigenvalue weighted by atomic mass is 32.2. The largest absolute Gasteiger partial charge is 0.342 e. The van der Waals surface area contributed by atoms with Crippen molar-refractivity contribution < 1.29 is 14.0 Å². The molecule has 1 heterocycles. The summed E-state index contributed by atoms with van der Waals surface area (Å²) in [5.41, 5.74) is 1.40. The molecule has 0 fully saturated rings. The Morgan fingerprint density at radius 1 is 1.09 bits per heavy atom. The lowest BCUT2D eigenvalue weighted by molar-refractivity contribution is -0.113. The van der Waals surface area contributed by atoms with Gasteiger partial charge < -0.3 is 15.2 Å². The molecule has 168 valence electrons. The number of carbonyl (C=O) groups excluding carboxylic acids is 2. The molecule has 0 spiro atoms. The number of benzene rings is 2. The summed E-state index contributed by atoms with van der Waals surface area (Å²) in [6, 6.07) is 13.2. The fourth-order valence-electron chi connectivity index (χ4n) is 3.13. The predicted octanol–water partition coefficient (Wildman–Crippen LogP) is 4.12. The topological polar surface area (TPSA) is 88.9 Å². The molecule has 0 unspecified atom stereocenters. The molecule has 3 aromatic rings. The van der Waals surface area contributed by atoms with Crippen molar-refractivity contribution in [3.63, 3.8) is 0 Å². The van der Waals surface area contributed by atoms with Crippen LogP contribution in [0.25, 0.3) is 0 Å². The molecule has 1 aromatic heterocycles. The zero-order valence-corrected chi connectivity index (χ0v) is 19.2. The van der Waals surface area contributed by atoms with E-state index in [9.17, 15) is 14.0 Å². The summed E-state index contributed by atoms with van der Waals surface area (Å²) in [5, 5.41) is 14.8. The van der Waals surface area contributed by atoms with Gasteiger partial charge >= 0.3 is 0 Å². The number of aromatic nitrogens is 3. The van der Waals surface area contributed by atoms with Gasteiger partial charge in [0.25, 0.3) is 5.91 Å². The molecule has 32 heavy (non-hydrogen) atoms. The second kappa shape index (κ2) is 10.4. The van der Waals surface area contributed by atoms with Crippen LogP contribution in [0.2, 0.25) is 0 Å². The van der Waals surface area contributed by atoms with Gasteiger partial charge in [0.1, 0.15) is 5.82 Å². The second-order valence-corrected chi connectivity index (χ2v) is 8.65. The average molecular weight is 456 g/mol. The first kappa shape index (κ1) is 23.5. The molecule has 3 rings (SSSR count). The van der Waals surface area contributed by atoms with E-state index in [1.54, 1.807) is 42.8 Å². The van der Waals surface area contributed by atoms with Crippen LogP contribution in [0.4, 0.5) is 10.1 Å². The fourth-order valence-corrected chi connectivity index (χ4v) is 3.84. The summed E-state index contributed by atoms with van der Waals surface area (Å²) in [7, 11) is 1.80. The minimum absolute atomic E-state index is 0.0719. The Labute approximate surface area is 190 Å². The number of nitrogens with one attached hydrogen (secondary N) is 2. The molecular formula is C23H26FN5O2S. The molecule has 0 radical (unpaired) electrons. The molecule has 0 saturated heterocycles. The Morgan fingerprint density at radius 3 is 2.50 bits per heavy atom. The molecule has 2 amide bonds. The van der Waals surface area contributed by atoms with Crippen molar-refractivity contribution in [3.05, 3.63) is 71.3 Å². The van der Waals surface area contributed by atoms with E-state index >= 15 is 0 Å². The van der Waals surface area contributed by atoms with Crippen molar-refractivity contribution in [2.24, 2.45) is 13.0 Å². The van der Waals surface area contributed by atoms with Crippen LogP contribution in [0.3, 0.4) is 0 Å². The first-order valence-corrected chi connectivity index (χ1v) is 11.2. The number of thioether (sulfide) groups is 1. The van der Waals surface area contributed by atoms with Crippen LogP contribution in [-0.4, -0.2) is 32.3 Å². The second-order valence-electron chi connectivity index (χ2n) is 7.71. The van der Waals surface area contributed by atoms with Gasteiger partial charge in [-0.1, -0.05) is 49.9 Å². The van der Waals surface area contributed by atoms with E-state index < -0.39 is 0 Å². The number of hydrogen-bond donors (Lipinski definition) is 2. The molecule has 7 nitrogen and oxygen atoms in total. The third kappa shape index (κ3) is 5.53. The molecule has 9 heteroatoms. The third-order valence-electron chi connectivity index (χ3n) is 5.01. The lowest BCUT2D eigenvalue weighted by atomic mass is 10.0. The number of amides is 2. The van der Waals surface area contributed by atoms with E-state index in [0.29, 0.717) is 27.8 Å². The molecular weight excluding hydrogens is 429 g/mol. The van der Waals surface area contributed by atoms with Gasteiger partial charge in [-0.05, 0) is 37.1 Å². The molecule has 2 N–H and O–H groups in total. The molecule has 0 aliphatic carbocycles. The van der Waals surface area contributed by atoms with Gasteiger partial charge in [-0.3, -0.25) is 9.59 Å². The zero-order chi connectivity index (χ0) is 23.3. The zero-order valence-electron chi connectivity index (χ0n) is 18.4. The molecule has 0 bridgehead atoms. The van der Waals surface area contributed by atoms with Gasteiger partial charge in [-0.15, -0.1) is 10.2 Å². The van der Waals surface area contributed by atoms with Gasteiger partial charge in [-0.25, -0.2) is 4.39 Å². The molecule has 0 aliphatic rings. The van der Waals surface area contributed by atoms with E-state index in [-0.39, 0.29) is 35.3 Å². The quantitative estimate of drug-likeness (QED) is 0.499. The maximum absolute atomic E-state index is 13.7. The Balaban J connectivity index is 1.67. The summed E-state index contributed by atoms with van der Waals surface area (Å²) in [6.45, 7) is 5.60. The van der Waals surface area contributed by atoms with E-state index in [1.807, 2.05) is 32.0 Å². The number of nitrogens with zero attached hydrogens (tertiary/aromatic N) is 3. The van der Waals surface area contributed by atoms with Gasteiger partial charge in [-0.2, -0.15) is 0 Å². The van der Waals surface area contributed by atoms with E-state index in [1.165, 1.54) is 17.8 Å². The summed E-state index contributed by atoms with van der Waals surface area (Å²) in [6.07, 6.45) is 0. The lowest BCUT2D eigenvalue weighted by Gasteiger charge is -2.21. The van der Waals surface area contributed by atoms with Gasteiger partial charge in [0, 0.05) is 23.9 Å². The maximum Gasteiger partial charge on any atom is 0.251 e. The Kier molecular flexibility index (Phi) is 7.63. The van der Waals surface area contributed by atoms with Crippen molar-refractivity contribution >= 4 is 29.3 Å². The normalized spacial score (nSPS) is 11.9. The summed E-state index contributed by atoms with van der Waals surface area (Å²) in [4.78, 5) is 25.0. The van der Waals surface area contributed by atoms with Crippen molar-refractivity contribution in [3.8, 4) is 0 Å². The highest BCUT2D eigenvalue weighted by Gasteiger charge is 2.25. The van der Waals surface area contributed by atoms with Crippen molar-refractivity contribution in [2.75, 3.05) is 11.1 Å². The molecule has 0 saturated carbocycles. The van der Waals surface area contributed by atoms with Crippen LogP contribution < -0.4 is 10.6 Å². The summed E-state index contributed by atoms with van der Waals surface area (Å²) < 4.78 is 15.4. The van der Waals surface area contributed by atoms with Crippen LogP contribution in [0.5, 0.6) is 0 Å². The molecule has 2 aromatic carbocycles. The number of halogens is 1. The molecule has 1 atom stereocenters. The highest BCUT2D eigenvalue weighted by molar-refractivity contribution is 7.99. The van der Waals surface area contributed by atoms with Gasteiger partial charge in [0.2, 0.25) is 5.91 Å². The number of rotatable bonds is 8. The van der Waals surface area contributed by atoms with Crippen molar-refractivity contribution in [2.45, 2.75) is 32.0 Å². The standard InChI is InChI=1S/C23H26FN5O2S/c1-14(2)20(26-22(31)16-9-6-5-7-10-16)21-27-28-23(29(21)4)32-13-19(30)25-18-12-8-11-17(24)15(18)3/h5-12,14,20H,13H2,1-4H3,(H,25,30)(H,26,31)/t20-/m0/s1. The first-order chi connectivity index (χ1) is 15.3. The maximum atomic E-state index is 13.7. The third-order valence-corrected chi connectivity index (χ3v) is 6.03. The number of anilines is 1. The Hall–Kier alpha value is -3.20. The van der Waals surface area contributed by atoms with E-state index in [4.69, 9.17) is 0 Å². The van der Waals surface area contributed by atoms with Gasteiger partial charge in [0.05, 0.1) is 11.8 Å². The predicted molar refractivity (Wildman–Crippen MR) is 123 cm³/mol. The van der Waals surface area contributed by atoms with Crippen molar-refractivity contribution in [1.82, 2.24) is 20.1 Å².